The number of halogens is 2. The molecule has 4 heteroatoms. The minimum Gasteiger partial charge on any atom is -0.507 e. The van der Waals surface area contributed by atoms with Gasteiger partial charge < -0.3 is 10.4 Å². The van der Waals surface area contributed by atoms with E-state index in [-0.39, 0.29) is 11.0 Å². The minimum absolute atomic E-state index is 0.0200. The Hall–Kier alpha value is -1.22. The highest BCUT2D eigenvalue weighted by molar-refractivity contribution is 6.42. The van der Waals surface area contributed by atoms with Gasteiger partial charge in [-0.05, 0) is 60.9 Å². The second-order valence-electron chi connectivity index (χ2n) is 8.68. The van der Waals surface area contributed by atoms with E-state index in [1.807, 2.05) is 12.1 Å². The van der Waals surface area contributed by atoms with Gasteiger partial charge in [-0.15, -0.1) is 0 Å². The van der Waals surface area contributed by atoms with Crippen LogP contribution in [0.2, 0.25) is 10.0 Å². The van der Waals surface area contributed by atoms with Crippen molar-refractivity contribution in [1.29, 1.82) is 0 Å². The van der Waals surface area contributed by atoms with E-state index in [0.29, 0.717) is 22.3 Å². The topological polar surface area (TPSA) is 32.3 Å². The third kappa shape index (κ3) is 4.03. The molecule has 26 heavy (non-hydrogen) atoms. The van der Waals surface area contributed by atoms with Crippen LogP contribution in [-0.4, -0.2) is 10.6 Å². The van der Waals surface area contributed by atoms with Crippen LogP contribution in [0.25, 0.3) is 11.1 Å². The van der Waals surface area contributed by atoms with Gasteiger partial charge in [0.05, 0.1) is 10.0 Å². The molecule has 2 N–H and O–H groups in total. The molecule has 0 unspecified atom stereocenters. The fourth-order valence-electron chi connectivity index (χ4n) is 3.34. The van der Waals surface area contributed by atoms with Crippen LogP contribution in [0.1, 0.15) is 58.1 Å². The molecule has 140 valence electrons. The Morgan fingerprint density at radius 2 is 1.77 bits per heavy atom. The van der Waals surface area contributed by atoms with E-state index < -0.39 is 0 Å². The first-order valence-corrected chi connectivity index (χ1v) is 9.91. The highest BCUT2D eigenvalue weighted by Gasteiger charge is 2.31. The van der Waals surface area contributed by atoms with Gasteiger partial charge in [-0.2, -0.15) is 0 Å². The number of nitrogens with one attached hydrogen (secondary N) is 1. The van der Waals surface area contributed by atoms with Crippen molar-refractivity contribution in [2.45, 2.75) is 64.5 Å². The average molecular weight is 392 g/mol. The maximum absolute atomic E-state index is 11.0. The molecule has 3 rings (SSSR count). The van der Waals surface area contributed by atoms with Gasteiger partial charge in [0.25, 0.3) is 0 Å². The van der Waals surface area contributed by atoms with Gasteiger partial charge in [-0.25, -0.2) is 0 Å². The summed E-state index contributed by atoms with van der Waals surface area (Å²) in [7, 11) is 0. The highest BCUT2D eigenvalue weighted by Crippen LogP contribution is 2.40. The summed E-state index contributed by atoms with van der Waals surface area (Å²) in [5.74, 6) is 0.312. The molecule has 2 aromatic carbocycles. The lowest BCUT2D eigenvalue weighted by molar-refractivity contribution is 0.206. The van der Waals surface area contributed by atoms with E-state index in [2.05, 4.69) is 45.1 Å². The Kier molecular flexibility index (Phi) is 5.31. The number of aromatic hydroxyl groups is 1. The Morgan fingerprint density at radius 1 is 1.08 bits per heavy atom. The lowest BCUT2D eigenvalue weighted by atomic mass is 9.78. The van der Waals surface area contributed by atoms with Gasteiger partial charge >= 0.3 is 0 Å². The fraction of sp³-hybridized carbons (Fsp3) is 0.455. The Labute approximate surface area is 166 Å². The zero-order valence-electron chi connectivity index (χ0n) is 15.9. The monoisotopic (exact) mass is 391 g/mol. The number of benzene rings is 2. The van der Waals surface area contributed by atoms with Crippen LogP contribution >= 0.6 is 23.2 Å². The van der Waals surface area contributed by atoms with Gasteiger partial charge in [0, 0.05) is 23.2 Å². The summed E-state index contributed by atoms with van der Waals surface area (Å²) in [6.45, 7) is 9.45. The van der Waals surface area contributed by atoms with Crippen molar-refractivity contribution in [3.63, 3.8) is 0 Å². The average Bonchev–Trinajstić information content (AvgIpc) is 2.53. The Balaban J connectivity index is 2.04. The first kappa shape index (κ1) is 19.5. The number of phenols is 1. The van der Waals surface area contributed by atoms with Gasteiger partial charge in [-0.1, -0.05) is 56.1 Å². The van der Waals surface area contributed by atoms with Gasteiger partial charge in [0.2, 0.25) is 0 Å². The van der Waals surface area contributed by atoms with E-state index in [0.717, 1.165) is 16.7 Å². The molecule has 0 heterocycles. The van der Waals surface area contributed by atoms with Crippen LogP contribution in [0.3, 0.4) is 0 Å². The number of hydrogen-bond acceptors (Lipinski definition) is 2. The molecule has 1 aliphatic rings. The second kappa shape index (κ2) is 7.07. The molecule has 0 saturated heterocycles. The molecule has 0 spiro atoms. The summed E-state index contributed by atoms with van der Waals surface area (Å²) >= 11 is 12.3. The summed E-state index contributed by atoms with van der Waals surface area (Å²) in [6, 6.07) is 9.67. The molecule has 0 amide bonds. The number of hydrogen-bond donors (Lipinski definition) is 2. The molecule has 0 radical (unpaired) electrons. The first-order chi connectivity index (χ1) is 12.1. The zero-order chi connectivity index (χ0) is 19.1. The zero-order valence-corrected chi connectivity index (χ0v) is 17.4. The maximum Gasteiger partial charge on any atom is 0.127 e. The molecule has 1 saturated carbocycles. The van der Waals surface area contributed by atoms with Gasteiger partial charge in [-0.3, -0.25) is 0 Å². The lowest BCUT2D eigenvalue weighted by Gasteiger charge is -2.39. The number of rotatable bonds is 4. The smallest absolute Gasteiger partial charge is 0.127 e. The number of phenolic OH excluding ortho intramolecular Hbond substituents is 1. The molecular weight excluding hydrogens is 365 g/mol. The lowest BCUT2D eigenvalue weighted by Crippen LogP contribution is -2.47. The standard InChI is InChI=1S/C22H27Cl2NO/c1-21(2,3)16-10-15(13-25-22(4)8-5-9-22)20(26)17(12-16)14-6-7-18(23)19(24)11-14/h6-7,10-12,25-26H,5,8-9,13H2,1-4H3. The van der Waals surface area contributed by atoms with E-state index in [9.17, 15) is 5.11 Å². The fourth-order valence-corrected chi connectivity index (χ4v) is 3.64. The first-order valence-electron chi connectivity index (χ1n) is 9.16. The summed E-state index contributed by atoms with van der Waals surface area (Å²) < 4.78 is 0. The maximum atomic E-state index is 11.0. The minimum atomic E-state index is -0.0200. The molecule has 2 nitrogen and oxygen atoms in total. The van der Waals surface area contributed by atoms with Crippen molar-refractivity contribution >= 4 is 23.2 Å². The van der Waals surface area contributed by atoms with Crippen molar-refractivity contribution in [3.8, 4) is 16.9 Å². The molecule has 1 fully saturated rings. The second-order valence-corrected chi connectivity index (χ2v) is 9.49. The van der Waals surface area contributed by atoms with Crippen molar-refractivity contribution in [1.82, 2.24) is 5.32 Å². The Bertz CT molecular complexity index is 820. The molecule has 1 aliphatic carbocycles. The molecule has 2 aromatic rings. The van der Waals surface area contributed by atoms with Crippen LogP contribution in [0, 0.1) is 0 Å². The summed E-state index contributed by atoms with van der Waals surface area (Å²) in [6.07, 6.45) is 3.64. The van der Waals surface area contributed by atoms with Gasteiger partial charge in [0.1, 0.15) is 5.75 Å². The summed E-state index contributed by atoms with van der Waals surface area (Å²) in [4.78, 5) is 0. The van der Waals surface area contributed by atoms with Crippen molar-refractivity contribution in [2.75, 3.05) is 0 Å². The van der Waals surface area contributed by atoms with Crippen LogP contribution in [0.15, 0.2) is 30.3 Å². The van der Waals surface area contributed by atoms with E-state index in [1.165, 1.54) is 24.8 Å². The molecular formula is C22H27Cl2NO. The summed E-state index contributed by atoms with van der Waals surface area (Å²) in [5, 5.41) is 15.6. The normalized spacial score (nSPS) is 16.4. The molecule has 0 bridgehead atoms. The van der Waals surface area contributed by atoms with Crippen LogP contribution in [-0.2, 0) is 12.0 Å². The van der Waals surface area contributed by atoms with Crippen molar-refractivity contribution in [2.24, 2.45) is 0 Å². The van der Waals surface area contributed by atoms with Crippen molar-refractivity contribution in [3.05, 3.63) is 51.5 Å². The van der Waals surface area contributed by atoms with Gasteiger partial charge in [0.15, 0.2) is 0 Å². The van der Waals surface area contributed by atoms with E-state index in [4.69, 9.17) is 23.2 Å². The SMILES string of the molecule is CC1(NCc2cc(C(C)(C)C)cc(-c3ccc(Cl)c(Cl)c3)c2O)CCC1. The predicted molar refractivity (Wildman–Crippen MR) is 111 cm³/mol. The Morgan fingerprint density at radius 3 is 2.31 bits per heavy atom. The van der Waals surface area contributed by atoms with E-state index >= 15 is 0 Å². The van der Waals surface area contributed by atoms with Crippen LogP contribution in [0.5, 0.6) is 5.75 Å². The molecule has 0 atom stereocenters. The third-order valence-electron chi connectivity index (χ3n) is 5.45. The summed E-state index contributed by atoms with van der Waals surface area (Å²) in [5.41, 5.74) is 3.95. The highest BCUT2D eigenvalue weighted by atomic mass is 35.5. The van der Waals surface area contributed by atoms with Crippen LogP contribution in [0.4, 0.5) is 0 Å². The van der Waals surface area contributed by atoms with E-state index in [1.54, 1.807) is 6.07 Å². The van der Waals surface area contributed by atoms with Crippen LogP contribution < -0.4 is 5.32 Å². The molecule has 0 aromatic heterocycles. The third-order valence-corrected chi connectivity index (χ3v) is 6.19. The van der Waals surface area contributed by atoms with Crippen molar-refractivity contribution < 1.29 is 5.11 Å². The molecule has 0 aliphatic heterocycles. The largest absolute Gasteiger partial charge is 0.507 e. The quantitative estimate of drug-likeness (QED) is 0.607. The predicted octanol–water partition coefficient (Wildman–Crippen LogP) is 6.70.